The zero-order chi connectivity index (χ0) is 8.43. The molecule has 0 aliphatic rings. The Kier molecular flexibility index (Phi) is 1.98. The molecule has 1 aromatic heterocycles. The molecule has 60 valence electrons. The van der Waals surface area contributed by atoms with Crippen LogP contribution >= 0.6 is 0 Å². The molecular formula is C6H5F3N2. The van der Waals surface area contributed by atoms with Crippen molar-refractivity contribution in [1.82, 2.24) is 4.98 Å². The van der Waals surface area contributed by atoms with Gasteiger partial charge in [-0.3, -0.25) is 0 Å². The fraction of sp³-hybridized carbons (Fsp3) is 0.167. The fourth-order valence-electron chi connectivity index (χ4n) is 0.627. The maximum Gasteiger partial charge on any atom is 0.283 e. The summed E-state index contributed by atoms with van der Waals surface area (Å²) >= 11 is 0. The third-order valence-electron chi connectivity index (χ3n) is 1.10. The number of nitrogens with zero attached hydrogens (tertiary/aromatic N) is 1. The van der Waals surface area contributed by atoms with Crippen molar-refractivity contribution in [2.75, 3.05) is 5.73 Å². The van der Waals surface area contributed by atoms with E-state index >= 15 is 0 Å². The highest BCUT2D eigenvalue weighted by atomic mass is 19.3. The Morgan fingerprint density at radius 3 is 2.45 bits per heavy atom. The highest BCUT2D eigenvalue weighted by Gasteiger charge is 2.14. The number of anilines is 1. The Bertz CT molecular complexity index is 262. The van der Waals surface area contributed by atoms with Crippen LogP contribution in [0.3, 0.4) is 0 Å². The third kappa shape index (κ3) is 1.60. The van der Waals surface area contributed by atoms with Gasteiger partial charge in [0.25, 0.3) is 6.43 Å². The monoisotopic (exact) mass is 162 g/mol. The van der Waals surface area contributed by atoms with Gasteiger partial charge in [0.05, 0.1) is 0 Å². The van der Waals surface area contributed by atoms with Crippen LogP contribution in [0.25, 0.3) is 0 Å². The second kappa shape index (κ2) is 2.77. The zero-order valence-electron chi connectivity index (χ0n) is 5.39. The van der Waals surface area contributed by atoms with Gasteiger partial charge in [0.2, 0.25) is 0 Å². The van der Waals surface area contributed by atoms with Gasteiger partial charge in [0, 0.05) is 0 Å². The Balaban J connectivity index is 3.13. The van der Waals surface area contributed by atoms with Crippen LogP contribution in [0, 0.1) is 5.82 Å². The quantitative estimate of drug-likeness (QED) is 0.683. The largest absolute Gasteiger partial charge is 0.384 e. The molecule has 2 N–H and O–H groups in total. The first-order chi connectivity index (χ1) is 5.11. The first-order valence-corrected chi connectivity index (χ1v) is 2.81. The number of halogens is 3. The summed E-state index contributed by atoms with van der Waals surface area (Å²) in [5, 5.41) is 0. The summed E-state index contributed by atoms with van der Waals surface area (Å²) in [4.78, 5) is 3.12. The molecule has 1 heterocycles. The highest BCUT2D eigenvalue weighted by molar-refractivity contribution is 5.29. The summed E-state index contributed by atoms with van der Waals surface area (Å²) < 4.78 is 36.1. The van der Waals surface area contributed by atoms with E-state index in [0.717, 1.165) is 12.1 Å². The summed E-state index contributed by atoms with van der Waals surface area (Å²) in [7, 11) is 0. The summed E-state index contributed by atoms with van der Waals surface area (Å²) in [5.74, 6) is -1.14. The molecule has 0 atom stereocenters. The van der Waals surface area contributed by atoms with E-state index in [2.05, 4.69) is 4.98 Å². The molecule has 0 aliphatic heterocycles. The number of nitrogens with two attached hydrogens (primary N) is 1. The van der Waals surface area contributed by atoms with E-state index in [0.29, 0.717) is 0 Å². The van der Waals surface area contributed by atoms with E-state index in [4.69, 9.17) is 5.73 Å². The number of rotatable bonds is 1. The predicted octanol–water partition coefficient (Wildman–Crippen LogP) is 1.74. The van der Waals surface area contributed by atoms with E-state index < -0.39 is 17.9 Å². The van der Waals surface area contributed by atoms with Gasteiger partial charge >= 0.3 is 0 Å². The van der Waals surface area contributed by atoms with Crippen molar-refractivity contribution in [1.29, 1.82) is 0 Å². The fourth-order valence-corrected chi connectivity index (χ4v) is 0.627. The van der Waals surface area contributed by atoms with Crippen molar-refractivity contribution in [3.63, 3.8) is 0 Å². The Morgan fingerprint density at radius 2 is 2.00 bits per heavy atom. The predicted molar refractivity (Wildman–Crippen MR) is 33.6 cm³/mol. The standard InChI is InChI=1S/C6H5F3N2/c7-3-1-2-4(10)11-5(3)6(8)9/h1-2,6H,(H2,10,11). The Hall–Kier alpha value is -1.26. The maximum absolute atomic E-state index is 12.4. The van der Waals surface area contributed by atoms with Crippen molar-refractivity contribution in [2.24, 2.45) is 0 Å². The van der Waals surface area contributed by atoms with Crippen molar-refractivity contribution in [2.45, 2.75) is 6.43 Å². The summed E-state index contributed by atoms with van der Waals surface area (Å²) in [6, 6.07) is 1.99. The number of hydrogen-bond acceptors (Lipinski definition) is 2. The topological polar surface area (TPSA) is 38.9 Å². The van der Waals surface area contributed by atoms with Crippen LogP contribution in [0.4, 0.5) is 19.0 Å². The zero-order valence-corrected chi connectivity index (χ0v) is 5.39. The first-order valence-electron chi connectivity index (χ1n) is 2.81. The lowest BCUT2D eigenvalue weighted by molar-refractivity contribution is 0.141. The molecule has 0 spiro atoms. The number of nitrogen functional groups attached to an aromatic ring is 1. The molecule has 1 aromatic rings. The lowest BCUT2D eigenvalue weighted by Crippen LogP contribution is -1.99. The molecule has 0 aliphatic carbocycles. The van der Waals surface area contributed by atoms with Gasteiger partial charge in [0.15, 0.2) is 5.82 Å². The second-order valence-electron chi connectivity index (χ2n) is 1.90. The van der Waals surface area contributed by atoms with Crippen molar-refractivity contribution in [3.05, 3.63) is 23.6 Å². The molecule has 0 amide bonds. The van der Waals surface area contributed by atoms with Gasteiger partial charge in [-0.25, -0.2) is 18.2 Å². The van der Waals surface area contributed by atoms with Crippen LogP contribution in [0.2, 0.25) is 0 Å². The van der Waals surface area contributed by atoms with Crippen LogP contribution < -0.4 is 5.73 Å². The molecule has 0 unspecified atom stereocenters. The number of aromatic nitrogens is 1. The van der Waals surface area contributed by atoms with Gasteiger partial charge in [0.1, 0.15) is 11.5 Å². The van der Waals surface area contributed by atoms with Crippen LogP contribution in [0.1, 0.15) is 12.1 Å². The molecule has 2 nitrogen and oxygen atoms in total. The maximum atomic E-state index is 12.4. The molecule has 1 rings (SSSR count). The first kappa shape index (κ1) is 7.84. The summed E-state index contributed by atoms with van der Waals surface area (Å²) in [6.07, 6.45) is -2.92. The number of hydrogen-bond donors (Lipinski definition) is 1. The minimum atomic E-state index is -2.92. The van der Waals surface area contributed by atoms with Crippen LogP contribution in [-0.2, 0) is 0 Å². The summed E-state index contributed by atoms with van der Waals surface area (Å²) in [5.41, 5.74) is 4.16. The molecule has 5 heteroatoms. The van der Waals surface area contributed by atoms with Crippen molar-refractivity contribution in [3.8, 4) is 0 Å². The molecule has 0 saturated carbocycles. The number of pyridine rings is 1. The van der Waals surface area contributed by atoms with Gasteiger partial charge in [-0.2, -0.15) is 0 Å². The van der Waals surface area contributed by atoms with Crippen LogP contribution in [0.5, 0.6) is 0 Å². The third-order valence-corrected chi connectivity index (χ3v) is 1.10. The second-order valence-corrected chi connectivity index (χ2v) is 1.90. The van der Waals surface area contributed by atoms with Crippen LogP contribution in [0.15, 0.2) is 12.1 Å². The molecule has 0 bridgehead atoms. The number of alkyl halides is 2. The van der Waals surface area contributed by atoms with E-state index in [9.17, 15) is 13.2 Å². The minimum Gasteiger partial charge on any atom is -0.384 e. The lowest BCUT2D eigenvalue weighted by atomic mass is 10.3. The normalized spacial score (nSPS) is 10.5. The highest BCUT2D eigenvalue weighted by Crippen LogP contribution is 2.20. The Labute approximate surface area is 60.9 Å². The van der Waals surface area contributed by atoms with E-state index in [-0.39, 0.29) is 5.82 Å². The smallest absolute Gasteiger partial charge is 0.283 e. The van der Waals surface area contributed by atoms with Gasteiger partial charge in [-0.1, -0.05) is 0 Å². The van der Waals surface area contributed by atoms with E-state index in [1.54, 1.807) is 0 Å². The molecular weight excluding hydrogens is 157 g/mol. The SMILES string of the molecule is Nc1ccc(F)c(C(F)F)n1. The molecule has 0 radical (unpaired) electrons. The van der Waals surface area contributed by atoms with Gasteiger partial charge in [-0.05, 0) is 12.1 Å². The lowest BCUT2D eigenvalue weighted by Gasteiger charge is -2.00. The van der Waals surface area contributed by atoms with E-state index in [1.807, 2.05) is 0 Å². The van der Waals surface area contributed by atoms with E-state index in [1.165, 1.54) is 0 Å². The van der Waals surface area contributed by atoms with Crippen molar-refractivity contribution < 1.29 is 13.2 Å². The van der Waals surface area contributed by atoms with Gasteiger partial charge < -0.3 is 5.73 Å². The molecule has 0 saturated heterocycles. The van der Waals surface area contributed by atoms with Crippen LogP contribution in [-0.4, -0.2) is 4.98 Å². The van der Waals surface area contributed by atoms with Crippen molar-refractivity contribution >= 4 is 5.82 Å². The average molecular weight is 162 g/mol. The summed E-state index contributed by atoms with van der Waals surface area (Å²) in [6.45, 7) is 0. The molecule has 11 heavy (non-hydrogen) atoms. The molecule has 0 fully saturated rings. The minimum absolute atomic E-state index is 0.110. The average Bonchev–Trinajstić information content (AvgIpc) is 1.94. The van der Waals surface area contributed by atoms with Gasteiger partial charge in [-0.15, -0.1) is 0 Å². The Morgan fingerprint density at radius 1 is 1.36 bits per heavy atom. The molecule has 0 aromatic carbocycles.